The summed E-state index contributed by atoms with van der Waals surface area (Å²) in [6.45, 7) is 0. The van der Waals surface area contributed by atoms with Crippen LogP contribution in [0, 0.1) is 0 Å². The Morgan fingerprint density at radius 3 is 2.54 bits per heavy atom. The first kappa shape index (κ1) is 19.7. The number of nitrogens with one attached hydrogen (secondary N) is 1. The third-order valence-electron chi connectivity index (χ3n) is 3.86. The Kier molecular flexibility index (Phi) is 5.86. The van der Waals surface area contributed by atoms with Gasteiger partial charge in [0.25, 0.3) is 11.8 Å². The molecule has 144 valence electrons. The zero-order valence-corrected chi connectivity index (χ0v) is 16.6. The summed E-state index contributed by atoms with van der Waals surface area (Å²) in [5, 5.41) is 10.3. The number of carbonyl (C=O) groups is 2. The van der Waals surface area contributed by atoms with Crippen molar-refractivity contribution in [1.82, 2.24) is 10.4 Å². The van der Waals surface area contributed by atoms with Gasteiger partial charge in [0.1, 0.15) is 5.75 Å². The quantitative estimate of drug-likeness (QED) is 0.572. The first-order valence-corrected chi connectivity index (χ1v) is 9.26. The molecule has 2 aromatic rings. The number of hydrazine groups is 1. The molecule has 1 saturated heterocycles. The van der Waals surface area contributed by atoms with Crippen molar-refractivity contribution in [2.45, 2.75) is 0 Å². The van der Waals surface area contributed by atoms with Gasteiger partial charge < -0.3 is 14.6 Å². The lowest BCUT2D eigenvalue weighted by molar-refractivity contribution is -0.123. The van der Waals surface area contributed by atoms with Crippen molar-refractivity contribution in [3.8, 4) is 17.2 Å². The highest BCUT2D eigenvalue weighted by molar-refractivity contribution is 8.26. The van der Waals surface area contributed by atoms with Crippen LogP contribution in [-0.4, -0.2) is 40.5 Å². The van der Waals surface area contributed by atoms with Crippen molar-refractivity contribution in [2.75, 3.05) is 14.2 Å². The van der Waals surface area contributed by atoms with E-state index in [-0.39, 0.29) is 15.6 Å². The average molecular weight is 416 g/mol. The van der Waals surface area contributed by atoms with Crippen molar-refractivity contribution < 1.29 is 24.2 Å². The highest BCUT2D eigenvalue weighted by Gasteiger charge is 2.34. The van der Waals surface area contributed by atoms with Crippen LogP contribution in [0.5, 0.6) is 17.2 Å². The fraction of sp³-hybridized carbons (Fsp3) is 0.105. The Bertz CT molecular complexity index is 973. The highest BCUT2D eigenvalue weighted by Crippen LogP contribution is 2.36. The van der Waals surface area contributed by atoms with E-state index >= 15 is 0 Å². The Morgan fingerprint density at radius 1 is 1.18 bits per heavy atom. The minimum atomic E-state index is -0.517. The normalized spacial score (nSPS) is 15.1. The summed E-state index contributed by atoms with van der Waals surface area (Å²) in [5.41, 5.74) is 3.41. The number of hydrogen-bond acceptors (Lipinski definition) is 7. The van der Waals surface area contributed by atoms with Gasteiger partial charge in [0, 0.05) is 11.1 Å². The largest absolute Gasteiger partial charge is 0.508 e. The van der Waals surface area contributed by atoms with E-state index in [4.69, 9.17) is 21.7 Å². The van der Waals surface area contributed by atoms with Gasteiger partial charge in [-0.25, -0.2) is 0 Å². The number of nitrogens with zero attached hydrogens (tertiary/aromatic N) is 1. The van der Waals surface area contributed by atoms with Crippen LogP contribution in [0.15, 0.2) is 47.4 Å². The van der Waals surface area contributed by atoms with Crippen molar-refractivity contribution in [3.05, 3.63) is 58.5 Å². The first-order chi connectivity index (χ1) is 13.4. The van der Waals surface area contributed by atoms with Gasteiger partial charge in [-0.05, 0) is 48.6 Å². The topological polar surface area (TPSA) is 88.1 Å². The fourth-order valence-corrected chi connectivity index (χ4v) is 3.68. The molecule has 0 spiro atoms. The summed E-state index contributed by atoms with van der Waals surface area (Å²) in [5.74, 6) is 0.0941. The number of thiocarbonyl (C=S) groups is 1. The Hall–Kier alpha value is -3.04. The van der Waals surface area contributed by atoms with E-state index in [1.807, 2.05) is 0 Å². The zero-order valence-electron chi connectivity index (χ0n) is 15.0. The maximum atomic E-state index is 12.7. The van der Waals surface area contributed by atoms with E-state index in [1.165, 1.54) is 38.5 Å². The maximum absolute atomic E-state index is 12.7. The van der Waals surface area contributed by atoms with Crippen LogP contribution in [-0.2, 0) is 4.79 Å². The molecule has 2 N–H and O–H groups in total. The Balaban J connectivity index is 1.83. The summed E-state index contributed by atoms with van der Waals surface area (Å²) in [6, 6.07) is 11.0. The molecule has 0 aromatic heterocycles. The van der Waals surface area contributed by atoms with Crippen molar-refractivity contribution in [1.29, 1.82) is 0 Å². The molecule has 7 nitrogen and oxygen atoms in total. The van der Waals surface area contributed by atoms with E-state index in [0.29, 0.717) is 22.0 Å². The maximum Gasteiger partial charge on any atom is 0.285 e. The Labute approximate surface area is 170 Å². The molecular weight excluding hydrogens is 400 g/mol. The molecule has 2 aromatic carbocycles. The van der Waals surface area contributed by atoms with Gasteiger partial charge in [-0.3, -0.25) is 15.0 Å². The summed E-state index contributed by atoms with van der Waals surface area (Å²) >= 11 is 6.29. The molecule has 0 unspecified atom stereocenters. The summed E-state index contributed by atoms with van der Waals surface area (Å²) in [7, 11) is 3.04. The van der Waals surface area contributed by atoms with Crippen LogP contribution in [0.1, 0.15) is 15.9 Å². The second kappa shape index (κ2) is 8.32. The molecule has 0 aliphatic carbocycles. The predicted molar refractivity (Wildman–Crippen MR) is 110 cm³/mol. The molecule has 0 saturated carbocycles. The van der Waals surface area contributed by atoms with E-state index in [0.717, 1.165) is 16.8 Å². The molecule has 9 heteroatoms. The number of carbonyl (C=O) groups excluding carboxylic acids is 2. The number of methoxy groups -OCH3 is 2. The Morgan fingerprint density at radius 2 is 1.89 bits per heavy atom. The number of rotatable bonds is 5. The molecule has 0 bridgehead atoms. The minimum Gasteiger partial charge on any atom is -0.508 e. The molecule has 1 fully saturated rings. The van der Waals surface area contributed by atoms with Gasteiger partial charge >= 0.3 is 0 Å². The lowest BCUT2D eigenvalue weighted by atomic mass is 10.1. The number of para-hydroxylation sites is 1. The molecule has 1 aliphatic rings. The van der Waals surface area contributed by atoms with Crippen LogP contribution in [0.2, 0.25) is 0 Å². The number of benzene rings is 2. The number of phenolic OH excluding ortho intramolecular Hbond substituents is 1. The van der Waals surface area contributed by atoms with Gasteiger partial charge in [0.05, 0.1) is 19.1 Å². The summed E-state index contributed by atoms with van der Waals surface area (Å²) in [4.78, 5) is 25.4. The highest BCUT2D eigenvalue weighted by atomic mass is 32.2. The molecule has 1 heterocycles. The number of aromatic hydroxyl groups is 1. The molecule has 3 rings (SSSR count). The van der Waals surface area contributed by atoms with Crippen LogP contribution >= 0.6 is 24.0 Å². The molecule has 0 atom stereocenters. The van der Waals surface area contributed by atoms with Crippen molar-refractivity contribution >= 4 is 46.2 Å². The number of hydrogen-bond donors (Lipinski definition) is 2. The number of ether oxygens (including phenoxy) is 2. The summed E-state index contributed by atoms with van der Waals surface area (Å²) < 4.78 is 10.8. The molecule has 28 heavy (non-hydrogen) atoms. The molecular formula is C19H16N2O5S2. The van der Waals surface area contributed by atoms with Crippen molar-refractivity contribution in [2.24, 2.45) is 0 Å². The van der Waals surface area contributed by atoms with Crippen LogP contribution in [0.3, 0.4) is 0 Å². The number of amides is 2. The third-order valence-corrected chi connectivity index (χ3v) is 5.16. The van der Waals surface area contributed by atoms with Crippen LogP contribution in [0.25, 0.3) is 6.08 Å². The van der Waals surface area contributed by atoms with Gasteiger partial charge in [0.2, 0.25) is 0 Å². The first-order valence-electron chi connectivity index (χ1n) is 8.03. The van der Waals surface area contributed by atoms with E-state index < -0.39 is 11.8 Å². The second-order valence-electron chi connectivity index (χ2n) is 5.59. The molecule has 1 aliphatic heterocycles. The SMILES string of the molecule is COc1cccc(/C=C2/SC(=S)N(NC(=O)c3ccc(O)cc3)C2=O)c1OC. The van der Waals surface area contributed by atoms with Crippen LogP contribution < -0.4 is 14.9 Å². The van der Waals surface area contributed by atoms with E-state index in [9.17, 15) is 14.7 Å². The third kappa shape index (κ3) is 3.95. The standard InChI is InChI=1S/C19H16N2O5S2/c1-25-14-5-3-4-12(16(14)26-2)10-15-18(24)21(19(27)28-15)20-17(23)11-6-8-13(22)9-7-11/h3-10,22H,1-2H3,(H,20,23)/b15-10+. The minimum absolute atomic E-state index is 0.0392. The van der Waals surface area contributed by atoms with E-state index in [2.05, 4.69) is 5.43 Å². The number of phenols is 1. The van der Waals surface area contributed by atoms with Crippen molar-refractivity contribution in [3.63, 3.8) is 0 Å². The predicted octanol–water partition coefficient (Wildman–Crippen LogP) is 2.96. The second-order valence-corrected chi connectivity index (χ2v) is 7.26. The van der Waals surface area contributed by atoms with Gasteiger partial charge in [-0.15, -0.1) is 0 Å². The van der Waals surface area contributed by atoms with Gasteiger partial charge in [-0.1, -0.05) is 23.9 Å². The van der Waals surface area contributed by atoms with E-state index in [1.54, 1.807) is 24.3 Å². The lowest BCUT2D eigenvalue weighted by Crippen LogP contribution is -2.44. The smallest absolute Gasteiger partial charge is 0.285 e. The molecule has 2 amide bonds. The van der Waals surface area contributed by atoms with Crippen LogP contribution in [0.4, 0.5) is 0 Å². The molecule has 0 radical (unpaired) electrons. The zero-order chi connectivity index (χ0) is 20.3. The number of thioether (sulfide) groups is 1. The monoisotopic (exact) mass is 416 g/mol. The average Bonchev–Trinajstić information content (AvgIpc) is 2.95. The van der Waals surface area contributed by atoms with Gasteiger partial charge in [0.15, 0.2) is 15.8 Å². The lowest BCUT2D eigenvalue weighted by Gasteiger charge is -2.15. The fourth-order valence-electron chi connectivity index (χ4n) is 2.51. The summed E-state index contributed by atoms with van der Waals surface area (Å²) in [6.07, 6.45) is 1.63. The van der Waals surface area contributed by atoms with Gasteiger partial charge in [-0.2, -0.15) is 5.01 Å².